The minimum absolute atomic E-state index is 0. The number of benzene rings is 1. The fraction of sp³-hybridized carbons (Fsp3) is 0.300. The van der Waals surface area contributed by atoms with E-state index < -0.39 is 22.5 Å². The largest absolute Gasteiger partial charge is 0.324 e. The first-order chi connectivity index (χ1) is 14.8. The lowest BCUT2D eigenvalue weighted by Gasteiger charge is -2.23. The van der Waals surface area contributed by atoms with Crippen LogP contribution in [0.1, 0.15) is 18.7 Å². The predicted octanol–water partition coefficient (Wildman–Crippen LogP) is 5.35. The van der Waals surface area contributed by atoms with Crippen LogP contribution in [0.4, 0.5) is 18.9 Å². The number of carbonyl (C=O) groups excluding carboxylic acids is 1. The van der Waals surface area contributed by atoms with E-state index in [2.05, 4.69) is 9.88 Å². The first-order valence-electron chi connectivity index (χ1n) is 9.54. The second-order valence-electron chi connectivity index (χ2n) is 6.51. The molecule has 172 valence electrons. The van der Waals surface area contributed by atoms with Crippen molar-refractivity contribution in [1.82, 2.24) is 9.88 Å². The summed E-state index contributed by atoms with van der Waals surface area (Å²) in [6.07, 6.45) is 2.80. The number of aromatic nitrogens is 1. The minimum Gasteiger partial charge on any atom is -0.302 e. The lowest BCUT2D eigenvalue weighted by molar-refractivity contribution is -0.380. The van der Waals surface area contributed by atoms with Crippen LogP contribution in [-0.4, -0.2) is 46.9 Å². The van der Waals surface area contributed by atoms with Crippen LogP contribution >= 0.6 is 35.1 Å². The van der Waals surface area contributed by atoms with Gasteiger partial charge in [-0.3, -0.25) is 19.8 Å². The number of hydrogen-bond donors (Lipinski definition) is 0. The van der Waals surface area contributed by atoms with E-state index in [1.165, 1.54) is 29.2 Å². The van der Waals surface area contributed by atoms with Crippen LogP contribution in [0.5, 0.6) is 0 Å². The molecule has 0 spiro atoms. The average molecular weight is 503 g/mol. The second-order valence-corrected chi connectivity index (χ2v) is 8.62. The van der Waals surface area contributed by atoms with Crippen molar-refractivity contribution >= 4 is 67.4 Å². The third-order valence-electron chi connectivity index (χ3n) is 4.62. The number of thiazole rings is 1. The highest BCUT2D eigenvalue weighted by atomic mass is 35.5. The molecule has 2 aromatic heterocycles. The Balaban J connectivity index is 0.00000363. The van der Waals surface area contributed by atoms with E-state index >= 15 is 0 Å². The highest BCUT2D eigenvalue weighted by molar-refractivity contribution is 7.22. The lowest BCUT2D eigenvalue weighted by Crippen LogP contribution is -2.38. The maximum absolute atomic E-state index is 14.1. The van der Waals surface area contributed by atoms with Crippen LogP contribution in [0.2, 0.25) is 0 Å². The van der Waals surface area contributed by atoms with Gasteiger partial charge in [-0.15, -0.1) is 12.4 Å². The fourth-order valence-corrected chi connectivity index (χ4v) is 4.68. The van der Waals surface area contributed by atoms with Gasteiger partial charge in [0.05, 0.1) is 9.62 Å². The van der Waals surface area contributed by atoms with Gasteiger partial charge in [0.25, 0.3) is 5.91 Å². The van der Waals surface area contributed by atoms with E-state index in [1.807, 2.05) is 13.8 Å². The Morgan fingerprint density at radius 1 is 1.19 bits per heavy atom. The first kappa shape index (κ1) is 25.8. The van der Waals surface area contributed by atoms with Crippen molar-refractivity contribution in [2.45, 2.75) is 13.8 Å². The normalized spacial score (nSPS) is 11.3. The molecule has 0 saturated heterocycles. The molecule has 0 saturated carbocycles. The van der Waals surface area contributed by atoms with Gasteiger partial charge in [-0.25, -0.2) is 13.8 Å². The Kier molecular flexibility index (Phi) is 9.20. The molecule has 0 aliphatic heterocycles. The van der Waals surface area contributed by atoms with Gasteiger partial charge >= 0.3 is 5.00 Å². The van der Waals surface area contributed by atoms with Gasteiger partial charge < -0.3 is 4.90 Å². The number of anilines is 1. The summed E-state index contributed by atoms with van der Waals surface area (Å²) in [5, 5.41) is 11.1. The summed E-state index contributed by atoms with van der Waals surface area (Å²) in [6.45, 7) is 6.49. The molecule has 3 rings (SSSR count). The zero-order valence-electron chi connectivity index (χ0n) is 17.3. The summed E-state index contributed by atoms with van der Waals surface area (Å²) in [5.41, 5.74) is 0.0138. The van der Waals surface area contributed by atoms with Crippen LogP contribution in [0.15, 0.2) is 30.3 Å². The maximum atomic E-state index is 14.1. The van der Waals surface area contributed by atoms with Gasteiger partial charge in [-0.2, -0.15) is 0 Å². The molecule has 12 heteroatoms. The summed E-state index contributed by atoms with van der Waals surface area (Å²) in [4.78, 5) is 31.6. The molecule has 0 fully saturated rings. The Labute approximate surface area is 197 Å². The lowest BCUT2D eigenvalue weighted by atomic mass is 10.3. The van der Waals surface area contributed by atoms with Gasteiger partial charge in [0.15, 0.2) is 10.9 Å². The van der Waals surface area contributed by atoms with E-state index in [-0.39, 0.29) is 28.1 Å². The van der Waals surface area contributed by atoms with E-state index in [4.69, 9.17) is 0 Å². The molecule has 0 aliphatic carbocycles. The molecule has 0 radical (unpaired) electrons. The van der Waals surface area contributed by atoms with Crippen molar-refractivity contribution < 1.29 is 18.5 Å². The number of rotatable bonds is 9. The van der Waals surface area contributed by atoms with Crippen molar-refractivity contribution in [1.29, 1.82) is 0 Å². The Morgan fingerprint density at radius 3 is 2.53 bits per heavy atom. The molecule has 0 atom stereocenters. The van der Waals surface area contributed by atoms with Crippen molar-refractivity contribution in [2.24, 2.45) is 0 Å². The van der Waals surface area contributed by atoms with Crippen LogP contribution in [0.25, 0.3) is 16.3 Å². The third kappa shape index (κ3) is 6.06. The van der Waals surface area contributed by atoms with Gasteiger partial charge in [0.1, 0.15) is 11.3 Å². The number of carbonyl (C=O) groups is 1. The van der Waals surface area contributed by atoms with E-state index in [0.29, 0.717) is 22.7 Å². The number of amides is 1. The predicted molar refractivity (Wildman–Crippen MR) is 127 cm³/mol. The minimum atomic E-state index is -0.782. The number of nitro groups is 1. The fourth-order valence-electron chi connectivity index (χ4n) is 2.92. The highest BCUT2D eigenvalue weighted by Gasteiger charge is 2.20. The second kappa shape index (κ2) is 11.4. The Hall–Kier alpha value is -2.47. The first-order valence-corrected chi connectivity index (χ1v) is 11.2. The number of hydrogen-bond acceptors (Lipinski definition) is 7. The molecule has 0 unspecified atom stereocenters. The average Bonchev–Trinajstić information content (AvgIpc) is 3.37. The molecule has 32 heavy (non-hydrogen) atoms. The van der Waals surface area contributed by atoms with Crippen LogP contribution in [0.3, 0.4) is 0 Å². The number of likely N-dealkylation sites (N-methyl/N-ethyl adjacent to an activating group) is 1. The quantitative estimate of drug-likeness (QED) is 0.224. The van der Waals surface area contributed by atoms with E-state index in [1.54, 1.807) is 6.07 Å². The summed E-state index contributed by atoms with van der Waals surface area (Å²) in [5.74, 6) is -1.89. The number of nitrogens with zero attached hydrogens (tertiary/aromatic N) is 4. The molecular formula is C20H21ClF2N4O3S2. The molecule has 0 N–H and O–H groups in total. The Bertz CT molecular complexity index is 1130. The molecule has 0 bridgehead atoms. The number of halogens is 3. The summed E-state index contributed by atoms with van der Waals surface area (Å²) >= 11 is 1.99. The molecular weight excluding hydrogens is 482 g/mol. The highest BCUT2D eigenvalue weighted by Crippen LogP contribution is 2.31. The summed E-state index contributed by atoms with van der Waals surface area (Å²) in [6, 6.07) is 4.88. The monoisotopic (exact) mass is 502 g/mol. The zero-order valence-corrected chi connectivity index (χ0v) is 19.7. The van der Waals surface area contributed by atoms with Gasteiger partial charge in [-0.1, -0.05) is 36.5 Å². The molecule has 3 aromatic rings. The number of fused-ring (bicyclic) bond motifs is 1. The van der Waals surface area contributed by atoms with E-state index in [0.717, 1.165) is 41.8 Å². The van der Waals surface area contributed by atoms with Crippen molar-refractivity contribution in [2.75, 3.05) is 31.1 Å². The molecule has 1 amide bonds. The van der Waals surface area contributed by atoms with Crippen LogP contribution in [-0.2, 0) is 4.79 Å². The molecule has 0 aliphatic rings. The smallest absolute Gasteiger partial charge is 0.302 e. The third-order valence-corrected chi connectivity index (χ3v) is 6.64. The Morgan fingerprint density at radius 2 is 1.91 bits per heavy atom. The summed E-state index contributed by atoms with van der Waals surface area (Å²) in [7, 11) is 0. The zero-order chi connectivity index (χ0) is 22.5. The standard InChI is InChI=1S/C20H20F2N4O3S2.ClH/c1-3-24(4-2)9-10-25(17(27)7-5-14-6-8-18(30-14)26(28)29)20-23-19-15(22)11-13(21)12-16(19)31-20;/h5-8,11-12H,3-4,9-10H2,1-2H3;1H. The van der Waals surface area contributed by atoms with Crippen molar-refractivity contribution in [3.05, 3.63) is 57.0 Å². The van der Waals surface area contributed by atoms with Crippen LogP contribution < -0.4 is 4.90 Å². The van der Waals surface area contributed by atoms with Crippen molar-refractivity contribution in [3.63, 3.8) is 0 Å². The molecule has 1 aromatic carbocycles. The van der Waals surface area contributed by atoms with Crippen molar-refractivity contribution in [3.8, 4) is 0 Å². The van der Waals surface area contributed by atoms with Gasteiger partial charge in [0.2, 0.25) is 0 Å². The maximum Gasteiger partial charge on any atom is 0.324 e. The topological polar surface area (TPSA) is 79.6 Å². The number of thiophene rings is 1. The molecule has 2 heterocycles. The van der Waals surface area contributed by atoms with Gasteiger partial charge in [0, 0.05) is 36.2 Å². The SMILES string of the molecule is CCN(CC)CCN(C(=O)C=Cc1ccc([N+](=O)[O-])s1)c1nc2c(F)cc(F)cc2s1.Cl. The van der Waals surface area contributed by atoms with E-state index in [9.17, 15) is 23.7 Å². The van der Waals surface area contributed by atoms with Crippen LogP contribution in [0, 0.1) is 21.7 Å². The summed E-state index contributed by atoms with van der Waals surface area (Å²) < 4.78 is 28.0. The van der Waals surface area contributed by atoms with Gasteiger partial charge in [-0.05, 0) is 31.3 Å². The molecule has 7 nitrogen and oxygen atoms in total.